The number of hydrogen-bond donors (Lipinski definition) is 0. The fourth-order valence-electron chi connectivity index (χ4n) is 3.01. The van der Waals surface area contributed by atoms with Crippen LogP contribution in [0.1, 0.15) is 23.2 Å². The van der Waals surface area contributed by atoms with Gasteiger partial charge in [-0.15, -0.1) is 0 Å². The number of hydrogen-bond acceptors (Lipinski definition) is 1. The molecule has 1 saturated heterocycles. The van der Waals surface area contributed by atoms with E-state index in [1.54, 1.807) is 18.2 Å². The van der Waals surface area contributed by atoms with Gasteiger partial charge in [0.15, 0.2) is 0 Å². The molecule has 0 N–H and O–H groups in total. The van der Waals surface area contributed by atoms with Crippen molar-refractivity contribution in [2.45, 2.75) is 12.8 Å². The van der Waals surface area contributed by atoms with Gasteiger partial charge in [-0.25, -0.2) is 0 Å². The molecule has 0 bridgehead atoms. The van der Waals surface area contributed by atoms with Crippen molar-refractivity contribution < 1.29 is 4.79 Å². The third-order valence-corrected chi connectivity index (χ3v) is 4.62. The summed E-state index contributed by atoms with van der Waals surface area (Å²) >= 11 is 12.0. The summed E-state index contributed by atoms with van der Waals surface area (Å²) in [6, 6.07) is 5.06. The minimum Gasteiger partial charge on any atom is -0.338 e. The quantitative estimate of drug-likeness (QED) is 0.716. The molecule has 2 aliphatic rings. The van der Waals surface area contributed by atoms with E-state index in [0.717, 1.165) is 25.9 Å². The summed E-state index contributed by atoms with van der Waals surface area (Å²) in [7, 11) is 0. The molecule has 1 aromatic rings. The molecule has 1 aliphatic carbocycles. The predicted molar refractivity (Wildman–Crippen MR) is 77.7 cm³/mol. The van der Waals surface area contributed by atoms with E-state index in [2.05, 4.69) is 12.2 Å². The van der Waals surface area contributed by atoms with Crippen LogP contribution < -0.4 is 0 Å². The smallest absolute Gasteiger partial charge is 0.255 e. The molecule has 0 spiro atoms. The summed E-state index contributed by atoms with van der Waals surface area (Å²) in [5.74, 6) is 1.25. The SMILES string of the molecule is O=C(c1ccc(Cl)cc1Cl)N1CC2CC=CCC2C1. The van der Waals surface area contributed by atoms with Gasteiger partial charge in [-0.3, -0.25) is 4.79 Å². The lowest BCUT2D eigenvalue weighted by Gasteiger charge is -2.17. The molecule has 19 heavy (non-hydrogen) atoms. The first-order chi connectivity index (χ1) is 9.15. The largest absolute Gasteiger partial charge is 0.338 e. The van der Waals surface area contributed by atoms with Crippen molar-refractivity contribution in [2.75, 3.05) is 13.1 Å². The molecule has 3 rings (SSSR count). The molecule has 0 radical (unpaired) electrons. The standard InChI is InChI=1S/C15H15Cl2NO/c16-12-5-6-13(14(17)7-12)15(19)18-8-10-3-1-2-4-11(10)9-18/h1-2,5-7,10-11H,3-4,8-9H2. The number of carbonyl (C=O) groups excluding carboxylic acids is 1. The van der Waals surface area contributed by atoms with E-state index in [-0.39, 0.29) is 5.91 Å². The lowest BCUT2D eigenvalue weighted by molar-refractivity contribution is 0.0784. The monoisotopic (exact) mass is 295 g/mol. The highest BCUT2D eigenvalue weighted by molar-refractivity contribution is 6.36. The fourth-order valence-corrected chi connectivity index (χ4v) is 3.50. The van der Waals surface area contributed by atoms with Crippen molar-refractivity contribution in [2.24, 2.45) is 11.8 Å². The Balaban J connectivity index is 1.78. The summed E-state index contributed by atoms with van der Waals surface area (Å²) in [4.78, 5) is 14.4. The molecule has 2 nitrogen and oxygen atoms in total. The second-order valence-corrected chi connectivity index (χ2v) is 6.14. The van der Waals surface area contributed by atoms with Crippen molar-refractivity contribution in [1.82, 2.24) is 4.90 Å². The molecule has 1 fully saturated rings. The Hall–Kier alpha value is -0.990. The minimum atomic E-state index is 0.0241. The Bertz CT molecular complexity index is 525. The molecule has 1 aliphatic heterocycles. The van der Waals surface area contributed by atoms with Crippen LogP contribution in [0, 0.1) is 11.8 Å². The fraction of sp³-hybridized carbons (Fsp3) is 0.400. The van der Waals surface area contributed by atoms with Gasteiger partial charge in [0.2, 0.25) is 0 Å². The van der Waals surface area contributed by atoms with Crippen molar-refractivity contribution in [3.63, 3.8) is 0 Å². The summed E-state index contributed by atoms with van der Waals surface area (Å²) < 4.78 is 0. The summed E-state index contributed by atoms with van der Waals surface area (Å²) in [5.41, 5.74) is 0.553. The van der Waals surface area contributed by atoms with Gasteiger partial charge in [-0.2, -0.15) is 0 Å². The van der Waals surface area contributed by atoms with E-state index in [0.29, 0.717) is 27.4 Å². The number of carbonyl (C=O) groups is 1. The molecule has 1 amide bonds. The van der Waals surface area contributed by atoms with Crippen LogP contribution in [0.5, 0.6) is 0 Å². The number of allylic oxidation sites excluding steroid dienone is 2. The van der Waals surface area contributed by atoms with Gasteiger partial charge in [0, 0.05) is 18.1 Å². The molecule has 2 atom stereocenters. The van der Waals surface area contributed by atoms with E-state index in [1.807, 2.05) is 4.90 Å². The molecule has 0 aromatic heterocycles. The van der Waals surface area contributed by atoms with Crippen molar-refractivity contribution in [3.05, 3.63) is 46.0 Å². The first-order valence-electron chi connectivity index (χ1n) is 6.54. The van der Waals surface area contributed by atoms with Gasteiger partial charge < -0.3 is 4.90 Å². The van der Waals surface area contributed by atoms with Gasteiger partial charge in [-0.05, 0) is 42.9 Å². The van der Waals surface area contributed by atoms with E-state index in [9.17, 15) is 4.79 Å². The highest BCUT2D eigenvalue weighted by Gasteiger charge is 2.35. The third-order valence-electron chi connectivity index (χ3n) is 4.07. The Kier molecular flexibility index (Phi) is 3.55. The molecular formula is C15H15Cl2NO. The Morgan fingerprint density at radius 3 is 2.32 bits per heavy atom. The number of rotatable bonds is 1. The van der Waals surface area contributed by atoms with E-state index >= 15 is 0 Å². The first kappa shape index (κ1) is 13.0. The lowest BCUT2D eigenvalue weighted by atomic mass is 9.86. The lowest BCUT2D eigenvalue weighted by Crippen LogP contribution is -2.29. The average molecular weight is 296 g/mol. The molecule has 1 heterocycles. The topological polar surface area (TPSA) is 20.3 Å². The molecule has 2 unspecified atom stereocenters. The van der Waals surface area contributed by atoms with Crippen LogP contribution in [0.2, 0.25) is 10.0 Å². The van der Waals surface area contributed by atoms with Crippen molar-refractivity contribution >= 4 is 29.1 Å². The number of amides is 1. The van der Waals surface area contributed by atoms with Crippen LogP contribution in [0.25, 0.3) is 0 Å². The number of benzene rings is 1. The molecule has 0 saturated carbocycles. The van der Waals surface area contributed by atoms with Crippen molar-refractivity contribution in [1.29, 1.82) is 0 Å². The van der Waals surface area contributed by atoms with Crippen LogP contribution in [0.15, 0.2) is 30.4 Å². The number of fused-ring (bicyclic) bond motifs is 1. The van der Waals surface area contributed by atoms with Crippen LogP contribution >= 0.6 is 23.2 Å². The zero-order chi connectivity index (χ0) is 13.4. The average Bonchev–Trinajstić information content (AvgIpc) is 2.81. The maximum Gasteiger partial charge on any atom is 0.255 e. The minimum absolute atomic E-state index is 0.0241. The Labute approximate surface area is 123 Å². The zero-order valence-electron chi connectivity index (χ0n) is 10.5. The van der Waals surface area contributed by atoms with E-state index < -0.39 is 0 Å². The number of likely N-dealkylation sites (tertiary alicyclic amines) is 1. The van der Waals surface area contributed by atoms with Crippen molar-refractivity contribution in [3.8, 4) is 0 Å². The highest BCUT2D eigenvalue weighted by atomic mass is 35.5. The maximum absolute atomic E-state index is 12.5. The molecule has 4 heteroatoms. The maximum atomic E-state index is 12.5. The van der Waals surface area contributed by atoms with Gasteiger partial charge in [0.25, 0.3) is 5.91 Å². The Morgan fingerprint density at radius 1 is 1.11 bits per heavy atom. The predicted octanol–water partition coefficient (Wildman–Crippen LogP) is 4.03. The first-order valence-corrected chi connectivity index (χ1v) is 7.30. The Morgan fingerprint density at radius 2 is 1.74 bits per heavy atom. The number of halogens is 2. The normalized spacial score (nSPS) is 25.5. The van der Waals surface area contributed by atoms with Gasteiger partial charge >= 0.3 is 0 Å². The summed E-state index contributed by atoms with van der Waals surface area (Å²) in [5, 5.41) is 0.992. The van der Waals surface area contributed by atoms with E-state index in [4.69, 9.17) is 23.2 Å². The molecule has 1 aromatic carbocycles. The van der Waals surface area contributed by atoms with Crippen LogP contribution in [-0.4, -0.2) is 23.9 Å². The van der Waals surface area contributed by atoms with Gasteiger partial charge in [-0.1, -0.05) is 35.4 Å². The van der Waals surface area contributed by atoms with Crippen LogP contribution in [0.4, 0.5) is 0 Å². The number of nitrogens with zero attached hydrogens (tertiary/aromatic N) is 1. The second kappa shape index (κ2) is 5.18. The van der Waals surface area contributed by atoms with E-state index in [1.165, 1.54) is 0 Å². The van der Waals surface area contributed by atoms with Gasteiger partial charge in [0.05, 0.1) is 10.6 Å². The van der Waals surface area contributed by atoms with Gasteiger partial charge in [0.1, 0.15) is 0 Å². The second-order valence-electron chi connectivity index (χ2n) is 5.30. The zero-order valence-corrected chi connectivity index (χ0v) is 12.0. The summed E-state index contributed by atoms with van der Waals surface area (Å²) in [6.45, 7) is 1.68. The third kappa shape index (κ3) is 2.52. The van der Waals surface area contributed by atoms with Crippen LogP contribution in [0.3, 0.4) is 0 Å². The highest BCUT2D eigenvalue weighted by Crippen LogP contribution is 2.34. The van der Waals surface area contributed by atoms with Crippen LogP contribution in [-0.2, 0) is 0 Å². The molecule has 100 valence electrons. The molecular weight excluding hydrogens is 281 g/mol. The summed E-state index contributed by atoms with van der Waals surface area (Å²) in [6.07, 6.45) is 6.63.